The SMILES string of the molecule is CC[C@H](CO[Si](C)(C)C(C)(C)C)N=Cc1ccccc1B1O[C@H](C(=O)OC)[C@@H](c2ccccc2)O1. The Morgan fingerprint density at radius 1 is 1.11 bits per heavy atom. The largest absolute Gasteiger partial charge is 0.495 e. The maximum absolute atomic E-state index is 12.5. The molecule has 0 N–H and O–H groups in total. The zero-order valence-corrected chi connectivity index (χ0v) is 23.0. The Morgan fingerprint density at radius 3 is 2.40 bits per heavy atom. The molecule has 2 aromatic rings. The van der Waals surface area contributed by atoms with Gasteiger partial charge in [-0.25, -0.2) is 4.79 Å². The monoisotopic (exact) mass is 495 g/mol. The van der Waals surface area contributed by atoms with Crippen molar-refractivity contribution in [3.63, 3.8) is 0 Å². The summed E-state index contributed by atoms with van der Waals surface area (Å²) in [6, 6.07) is 17.5. The van der Waals surface area contributed by atoms with E-state index in [0.29, 0.717) is 6.61 Å². The standard InChI is InChI=1S/C27H38BNO5Si/c1-8-22(19-32-35(6,7)27(2,3)4)29-18-21-16-12-13-17-23(21)28-33-24(20-14-10-9-11-15-20)25(34-28)26(30)31-5/h9-18,22,24-25H,8,19H2,1-7H3/t22-,24-,25+/m1/s1. The first-order chi connectivity index (χ1) is 16.6. The van der Waals surface area contributed by atoms with Crippen LogP contribution in [0.4, 0.5) is 0 Å². The lowest BCUT2D eigenvalue weighted by atomic mass is 9.76. The molecule has 1 aliphatic heterocycles. The van der Waals surface area contributed by atoms with Gasteiger partial charge in [-0.05, 0) is 41.1 Å². The van der Waals surface area contributed by atoms with Gasteiger partial charge >= 0.3 is 13.1 Å². The van der Waals surface area contributed by atoms with Gasteiger partial charge in [0.05, 0.1) is 19.8 Å². The number of carbonyl (C=O) groups is 1. The van der Waals surface area contributed by atoms with Gasteiger partial charge in [-0.15, -0.1) is 0 Å². The molecule has 0 amide bonds. The Bertz CT molecular complexity index is 1010. The number of aliphatic imine (C=N–C) groups is 1. The van der Waals surface area contributed by atoms with Gasteiger partial charge in [0.2, 0.25) is 0 Å². The van der Waals surface area contributed by atoms with Crippen LogP contribution in [-0.2, 0) is 23.3 Å². The Kier molecular flexibility index (Phi) is 9.10. The summed E-state index contributed by atoms with van der Waals surface area (Å²) in [7, 11) is -1.20. The van der Waals surface area contributed by atoms with E-state index in [2.05, 4.69) is 40.8 Å². The first-order valence-electron chi connectivity index (χ1n) is 12.3. The normalized spacial score (nSPS) is 19.8. The van der Waals surface area contributed by atoms with Gasteiger partial charge in [-0.1, -0.05) is 82.3 Å². The van der Waals surface area contributed by atoms with E-state index in [1.54, 1.807) is 0 Å². The third-order valence-electron chi connectivity index (χ3n) is 6.97. The van der Waals surface area contributed by atoms with Crippen molar-refractivity contribution in [3.05, 3.63) is 65.7 Å². The molecule has 0 bridgehead atoms. The van der Waals surface area contributed by atoms with Crippen molar-refractivity contribution in [3.8, 4) is 0 Å². The van der Waals surface area contributed by atoms with E-state index in [9.17, 15) is 4.79 Å². The number of nitrogens with zero attached hydrogens (tertiary/aromatic N) is 1. The van der Waals surface area contributed by atoms with Crippen molar-refractivity contribution < 1.29 is 23.3 Å². The minimum atomic E-state index is -1.84. The van der Waals surface area contributed by atoms with Crippen LogP contribution in [0.1, 0.15) is 51.3 Å². The van der Waals surface area contributed by atoms with Crippen LogP contribution >= 0.6 is 0 Å². The molecule has 0 aliphatic carbocycles. The van der Waals surface area contributed by atoms with Crippen molar-refractivity contribution in [1.29, 1.82) is 0 Å². The lowest BCUT2D eigenvalue weighted by Gasteiger charge is -2.36. The predicted molar refractivity (Wildman–Crippen MR) is 144 cm³/mol. The van der Waals surface area contributed by atoms with Crippen molar-refractivity contribution in [1.82, 2.24) is 0 Å². The van der Waals surface area contributed by atoms with Crippen LogP contribution in [0.15, 0.2) is 59.6 Å². The van der Waals surface area contributed by atoms with Gasteiger partial charge in [0, 0.05) is 6.21 Å². The van der Waals surface area contributed by atoms with Crippen molar-refractivity contribution in [2.45, 2.75) is 70.5 Å². The molecule has 0 spiro atoms. The molecule has 1 aliphatic rings. The molecule has 0 saturated carbocycles. The van der Waals surface area contributed by atoms with E-state index in [4.69, 9.17) is 23.5 Å². The second kappa shape index (κ2) is 11.7. The number of rotatable bonds is 9. The molecule has 0 unspecified atom stereocenters. The van der Waals surface area contributed by atoms with E-state index < -0.39 is 33.6 Å². The van der Waals surface area contributed by atoms with Crippen LogP contribution in [-0.4, -0.2) is 53.5 Å². The first-order valence-corrected chi connectivity index (χ1v) is 15.2. The van der Waals surface area contributed by atoms with Gasteiger partial charge in [0.1, 0.15) is 6.10 Å². The molecule has 188 valence electrons. The topological polar surface area (TPSA) is 66.4 Å². The highest BCUT2D eigenvalue weighted by atomic mass is 28.4. The summed E-state index contributed by atoms with van der Waals surface area (Å²) in [5.74, 6) is -0.457. The number of ether oxygens (including phenoxy) is 1. The molecule has 6 nitrogen and oxygen atoms in total. The molecule has 0 radical (unpaired) electrons. The van der Waals surface area contributed by atoms with Crippen LogP contribution in [0.5, 0.6) is 0 Å². The Morgan fingerprint density at radius 2 is 1.77 bits per heavy atom. The number of carbonyl (C=O) groups excluding carboxylic acids is 1. The quantitative estimate of drug-likeness (QED) is 0.280. The number of hydrogen-bond acceptors (Lipinski definition) is 6. The Labute approximate surface area is 211 Å². The molecule has 3 atom stereocenters. The first kappa shape index (κ1) is 27.3. The van der Waals surface area contributed by atoms with E-state index >= 15 is 0 Å². The van der Waals surface area contributed by atoms with Crippen molar-refractivity contribution in [2.75, 3.05) is 13.7 Å². The van der Waals surface area contributed by atoms with Crippen LogP contribution < -0.4 is 5.46 Å². The van der Waals surface area contributed by atoms with E-state index in [1.165, 1.54) is 7.11 Å². The average molecular weight is 496 g/mol. The fourth-order valence-electron chi connectivity index (χ4n) is 3.60. The lowest BCUT2D eigenvalue weighted by Crippen LogP contribution is -2.42. The van der Waals surface area contributed by atoms with E-state index in [-0.39, 0.29) is 11.1 Å². The molecule has 1 fully saturated rings. The van der Waals surface area contributed by atoms with Crippen molar-refractivity contribution >= 4 is 33.1 Å². The second-order valence-electron chi connectivity index (χ2n) is 10.4. The maximum Gasteiger partial charge on any atom is 0.495 e. The third kappa shape index (κ3) is 6.70. The summed E-state index contributed by atoms with van der Waals surface area (Å²) >= 11 is 0. The highest BCUT2D eigenvalue weighted by Crippen LogP contribution is 2.36. The summed E-state index contributed by atoms with van der Waals surface area (Å²) in [4.78, 5) is 17.3. The molecule has 1 saturated heterocycles. The summed E-state index contributed by atoms with van der Waals surface area (Å²) in [5.41, 5.74) is 2.58. The van der Waals surface area contributed by atoms with Crippen LogP contribution in [0.3, 0.4) is 0 Å². The highest BCUT2D eigenvalue weighted by molar-refractivity contribution is 6.74. The number of benzene rings is 2. The van der Waals surface area contributed by atoms with Gasteiger partial charge in [0.15, 0.2) is 14.4 Å². The zero-order valence-electron chi connectivity index (χ0n) is 22.0. The third-order valence-corrected chi connectivity index (χ3v) is 11.5. The smallest absolute Gasteiger partial charge is 0.467 e. The Balaban J connectivity index is 1.79. The molecular weight excluding hydrogens is 457 g/mol. The molecule has 35 heavy (non-hydrogen) atoms. The van der Waals surface area contributed by atoms with Gasteiger partial charge in [0.25, 0.3) is 0 Å². The van der Waals surface area contributed by atoms with Gasteiger partial charge < -0.3 is 18.5 Å². The minimum Gasteiger partial charge on any atom is -0.467 e. The number of esters is 1. The van der Waals surface area contributed by atoms with Gasteiger partial charge in [-0.2, -0.15) is 0 Å². The number of hydrogen-bond donors (Lipinski definition) is 0. The van der Waals surface area contributed by atoms with Gasteiger partial charge in [-0.3, -0.25) is 4.99 Å². The summed E-state index contributed by atoms with van der Waals surface area (Å²) < 4.78 is 23.8. The molecule has 0 aromatic heterocycles. The molecule has 8 heteroatoms. The molecule has 3 rings (SSSR count). The summed E-state index contributed by atoms with van der Waals surface area (Å²) in [6.45, 7) is 14.0. The fourth-order valence-corrected chi connectivity index (χ4v) is 4.64. The highest BCUT2D eigenvalue weighted by Gasteiger charge is 2.46. The Hall–Kier alpha value is -2.26. The van der Waals surface area contributed by atoms with Crippen LogP contribution in [0.2, 0.25) is 18.1 Å². The van der Waals surface area contributed by atoms with E-state index in [0.717, 1.165) is 23.0 Å². The second-order valence-corrected chi connectivity index (χ2v) is 15.2. The van der Waals surface area contributed by atoms with Crippen LogP contribution in [0.25, 0.3) is 0 Å². The zero-order chi connectivity index (χ0) is 25.6. The molecule has 1 heterocycles. The molecule has 2 aromatic carbocycles. The average Bonchev–Trinajstić information content (AvgIpc) is 3.29. The summed E-state index contributed by atoms with van der Waals surface area (Å²) in [6.07, 6.45) is 1.34. The molecular formula is C27H38BNO5Si. The summed E-state index contributed by atoms with van der Waals surface area (Å²) in [5, 5.41) is 0.157. The van der Waals surface area contributed by atoms with Crippen molar-refractivity contribution in [2.24, 2.45) is 4.99 Å². The van der Waals surface area contributed by atoms with Crippen LogP contribution in [0, 0.1) is 0 Å². The predicted octanol–water partition coefficient (Wildman–Crippen LogP) is 4.93. The lowest BCUT2D eigenvalue weighted by molar-refractivity contribution is -0.150. The number of methoxy groups -OCH3 is 1. The fraction of sp³-hybridized carbons (Fsp3) is 0.481. The minimum absolute atomic E-state index is 0.0579. The maximum atomic E-state index is 12.5. The van der Waals surface area contributed by atoms with E-state index in [1.807, 2.05) is 60.8 Å².